The van der Waals surface area contributed by atoms with Crippen LogP contribution in [0.5, 0.6) is 0 Å². The maximum absolute atomic E-state index is 13.3. The summed E-state index contributed by atoms with van der Waals surface area (Å²) in [6.07, 6.45) is 55.9. The first-order valence-corrected chi connectivity index (χ1v) is 32.5. The van der Waals surface area contributed by atoms with Gasteiger partial charge in [-0.2, -0.15) is 0 Å². The molecule has 12 unspecified atom stereocenters. The molecule has 0 saturated carbocycles. The summed E-state index contributed by atoms with van der Waals surface area (Å²) in [5, 5.41) is 87.3. The number of amides is 1. The van der Waals surface area contributed by atoms with E-state index in [4.69, 9.17) is 18.9 Å². The van der Waals surface area contributed by atoms with E-state index in [9.17, 15) is 45.6 Å². The van der Waals surface area contributed by atoms with E-state index in [1.165, 1.54) is 96.3 Å². The number of hydrogen-bond donors (Lipinski definition) is 9. The Kier molecular flexibility index (Phi) is 47.8. The Morgan fingerprint density at radius 3 is 1.34 bits per heavy atom. The van der Waals surface area contributed by atoms with Crippen molar-refractivity contribution in [3.8, 4) is 0 Å². The Morgan fingerprint density at radius 2 is 0.854 bits per heavy atom. The number of hydrogen-bond acceptors (Lipinski definition) is 13. The molecule has 0 aromatic heterocycles. The minimum atomic E-state index is -1.80. The van der Waals surface area contributed by atoms with Crippen LogP contribution in [0.3, 0.4) is 0 Å². The normalized spacial score (nSPS) is 24.6. The number of aliphatic hydroxyl groups excluding tert-OH is 8. The van der Waals surface area contributed by atoms with Gasteiger partial charge in [0.15, 0.2) is 12.6 Å². The fraction of sp³-hybridized carbons (Fsp3) is 0.750. The number of aliphatic hydroxyl groups is 8. The molecule has 0 bridgehead atoms. The van der Waals surface area contributed by atoms with Crippen LogP contribution in [0.1, 0.15) is 232 Å². The molecule has 2 saturated heterocycles. The van der Waals surface area contributed by atoms with Gasteiger partial charge in [0, 0.05) is 6.42 Å². The van der Waals surface area contributed by atoms with E-state index in [0.29, 0.717) is 12.8 Å². The van der Waals surface area contributed by atoms with Crippen LogP contribution in [0, 0.1) is 0 Å². The summed E-state index contributed by atoms with van der Waals surface area (Å²) in [5.74, 6) is -0.267. The Hall–Kier alpha value is -3.09. The molecule has 2 heterocycles. The zero-order valence-electron chi connectivity index (χ0n) is 50.9. The van der Waals surface area contributed by atoms with Crippen LogP contribution in [0.25, 0.3) is 0 Å². The molecular formula is C68H117NO13. The third kappa shape index (κ3) is 36.7. The predicted molar refractivity (Wildman–Crippen MR) is 332 cm³/mol. The maximum atomic E-state index is 13.3. The summed E-state index contributed by atoms with van der Waals surface area (Å²) in [6.45, 7) is 2.66. The van der Waals surface area contributed by atoms with E-state index in [1.54, 1.807) is 6.08 Å². The van der Waals surface area contributed by atoms with Gasteiger partial charge in [0.05, 0.1) is 32.0 Å². The quantitative estimate of drug-likeness (QED) is 0.0204. The second kappa shape index (κ2) is 52.3. The van der Waals surface area contributed by atoms with Crippen molar-refractivity contribution in [3.05, 3.63) is 97.2 Å². The minimum Gasteiger partial charge on any atom is -0.394 e. The van der Waals surface area contributed by atoms with Crippen LogP contribution in [-0.2, 0) is 23.7 Å². The largest absolute Gasteiger partial charge is 0.394 e. The lowest BCUT2D eigenvalue weighted by Gasteiger charge is -2.46. The van der Waals surface area contributed by atoms with Crippen LogP contribution < -0.4 is 5.32 Å². The molecular weight excluding hydrogens is 1040 g/mol. The lowest BCUT2D eigenvalue weighted by Crippen LogP contribution is -2.65. The molecule has 14 heteroatoms. The van der Waals surface area contributed by atoms with Crippen molar-refractivity contribution in [1.82, 2.24) is 5.32 Å². The van der Waals surface area contributed by atoms with E-state index in [2.05, 4.69) is 104 Å². The molecule has 0 aliphatic carbocycles. The first kappa shape index (κ1) is 75.0. The van der Waals surface area contributed by atoms with Gasteiger partial charge in [0.2, 0.25) is 5.91 Å². The van der Waals surface area contributed by atoms with Gasteiger partial charge in [0.25, 0.3) is 0 Å². The van der Waals surface area contributed by atoms with Gasteiger partial charge < -0.3 is 65.1 Å². The lowest BCUT2D eigenvalue weighted by molar-refractivity contribution is -0.359. The van der Waals surface area contributed by atoms with Crippen LogP contribution >= 0.6 is 0 Å². The van der Waals surface area contributed by atoms with Crippen LogP contribution in [-0.4, -0.2) is 140 Å². The Labute approximate surface area is 496 Å². The van der Waals surface area contributed by atoms with E-state index in [1.807, 2.05) is 6.08 Å². The van der Waals surface area contributed by atoms with Crippen molar-refractivity contribution >= 4 is 5.91 Å². The third-order valence-electron chi connectivity index (χ3n) is 15.2. The molecule has 0 spiro atoms. The monoisotopic (exact) mass is 1160 g/mol. The third-order valence-corrected chi connectivity index (χ3v) is 15.2. The summed E-state index contributed by atoms with van der Waals surface area (Å²) >= 11 is 0. The topological polar surface area (TPSA) is 228 Å². The second-order valence-electron chi connectivity index (χ2n) is 22.5. The van der Waals surface area contributed by atoms with Gasteiger partial charge in [-0.1, -0.05) is 233 Å². The molecule has 82 heavy (non-hydrogen) atoms. The summed E-state index contributed by atoms with van der Waals surface area (Å²) in [4.78, 5) is 13.3. The van der Waals surface area contributed by atoms with Gasteiger partial charge in [-0.3, -0.25) is 4.79 Å². The van der Waals surface area contributed by atoms with E-state index < -0.39 is 86.8 Å². The number of unbranched alkanes of at least 4 members (excludes halogenated alkanes) is 24. The number of nitrogens with one attached hydrogen (secondary N) is 1. The summed E-state index contributed by atoms with van der Waals surface area (Å²) < 4.78 is 22.8. The second-order valence-corrected chi connectivity index (χ2v) is 22.5. The number of carbonyl (C=O) groups is 1. The van der Waals surface area contributed by atoms with Crippen molar-refractivity contribution in [2.45, 2.75) is 306 Å². The number of carbonyl (C=O) groups excluding carboxylic acids is 1. The van der Waals surface area contributed by atoms with Gasteiger partial charge in [0.1, 0.15) is 48.8 Å². The van der Waals surface area contributed by atoms with Crippen molar-refractivity contribution in [1.29, 1.82) is 0 Å². The average Bonchev–Trinajstić information content (AvgIpc) is 3.53. The summed E-state index contributed by atoms with van der Waals surface area (Å²) in [7, 11) is 0. The highest BCUT2D eigenvalue weighted by atomic mass is 16.7. The molecule has 2 fully saturated rings. The molecule has 12 atom stereocenters. The average molecular weight is 1160 g/mol. The molecule has 1 amide bonds. The number of allylic oxidation sites excluding steroid dienone is 15. The Balaban J connectivity index is 1.77. The zero-order valence-corrected chi connectivity index (χ0v) is 50.9. The molecule has 0 radical (unpaired) electrons. The number of ether oxygens (including phenoxy) is 4. The Bertz CT molecular complexity index is 1740. The first-order valence-electron chi connectivity index (χ1n) is 32.5. The van der Waals surface area contributed by atoms with Crippen molar-refractivity contribution in [2.75, 3.05) is 19.8 Å². The fourth-order valence-electron chi connectivity index (χ4n) is 10.1. The molecule has 2 rings (SSSR count). The number of rotatable bonds is 51. The zero-order chi connectivity index (χ0) is 59.5. The molecule has 472 valence electrons. The van der Waals surface area contributed by atoms with Crippen LogP contribution in [0.15, 0.2) is 97.2 Å². The molecule has 0 aromatic carbocycles. The van der Waals surface area contributed by atoms with Crippen molar-refractivity contribution < 1.29 is 64.6 Å². The van der Waals surface area contributed by atoms with Gasteiger partial charge in [-0.05, 0) is 89.9 Å². The van der Waals surface area contributed by atoms with E-state index in [-0.39, 0.29) is 18.9 Å². The van der Waals surface area contributed by atoms with Crippen LogP contribution in [0.2, 0.25) is 0 Å². The highest BCUT2D eigenvalue weighted by Crippen LogP contribution is 2.30. The molecule has 2 aliphatic heterocycles. The fourth-order valence-corrected chi connectivity index (χ4v) is 10.1. The smallest absolute Gasteiger partial charge is 0.220 e. The molecule has 0 aromatic rings. The standard InChI is InChI=1S/C68H117NO13/c1-3-5-7-9-11-13-15-17-19-21-23-25-27-28-30-31-33-35-37-39-41-43-45-47-49-51-57(72)56(55-79-67-65(78)63(76)66(59(54-71)81-67)82-68-64(77)62(75)61(74)58(53-70)80-68)69-60(73)52-50-48-46-44-42-40-38-36-34-32-29-26-24-22-20-18-16-14-12-10-8-6-4-2/h6,8,12,14,18,20,24,26,32-35,41,43,49,51,56-59,61-68,70-72,74-78H,3-5,7,9-11,13,15-17,19,21-23,25,27-31,36-40,42,44-48,50,52-55H2,1-2H3,(H,69,73)/b8-6-,14-12-,20-18-,26-24-,34-32-,35-33+,43-41+,51-49+. The van der Waals surface area contributed by atoms with Crippen molar-refractivity contribution in [3.63, 3.8) is 0 Å². The first-order chi connectivity index (χ1) is 40.1. The predicted octanol–water partition coefficient (Wildman–Crippen LogP) is 12.2. The SMILES string of the molecule is CC/C=C\C/C=C\C/C=C\C/C=C\C/C=C\CCCCCCCCCC(=O)NC(COC1OC(CO)C(OC2OC(CO)C(O)C(O)C2O)C(O)C1O)C(O)/C=C/CC/C=C/CC/C=C/CCCCCCCCCCCCCCCCC. The van der Waals surface area contributed by atoms with Crippen molar-refractivity contribution in [2.24, 2.45) is 0 Å². The van der Waals surface area contributed by atoms with E-state index >= 15 is 0 Å². The Morgan fingerprint density at radius 1 is 0.451 bits per heavy atom. The van der Waals surface area contributed by atoms with Gasteiger partial charge in [-0.15, -0.1) is 0 Å². The van der Waals surface area contributed by atoms with Gasteiger partial charge >= 0.3 is 0 Å². The molecule has 14 nitrogen and oxygen atoms in total. The highest BCUT2D eigenvalue weighted by molar-refractivity contribution is 5.76. The van der Waals surface area contributed by atoms with Crippen LogP contribution in [0.4, 0.5) is 0 Å². The summed E-state index contributed by atoms with van der Waals surface area (Å²) in [5.41, 5.74) is 0. The highest BCUT2D eigenvalue weighted by Gasteiger charge is 2.51. The van der Waals surface area contributed by atoms with E-state index in [0.717, 1.165) is 103 Å². The van der Waals surface area contributed by atoms with Gasteiger partial charge in [-0.25, -0.2) is 0 Å². The summed E-state index contributed by atoms with van der Waals surface area (Å²) in [6, 6.07) is -0.952. The molecule has 9 N–H and O–H groups in total. The molecule has 2 aliphatic rings. The maximum Gasteiger partial charge on any atom is 0.220 e. The lowest BCUT2D eigenvalue weighted by atomic mass is 9.97. The minimum absolute atomic E-state index is 0.251.